The van der Waals surface area contributed by atoms with Gasteiger partial charge in [0.05, 0.1) is 0 Å². The van der Waals surface area contributed by atoms with Crippen LogP contribution in [0.15, 0.2) is 48.5 Å². The first-order valence-electron chi connectivity index (χ1n) is 8.81. The van der Waals surface area contributed by atoms with Gasteiger partial charge in [-0.25, -0.2) is 18.4 Å². The molecule has 0 aliphatic heterocycles. The number of hydrogen-bond donors (Lipinski definition) is 3. The fraction of sp³-hybridized carbons (Fsp3) is 0.250. The Hall–Kier alpha value is -3.49. The first-order chi connectivity index (χ1) is 13.8. The lowest BCUT2D eigenvalue weighted by molar-refractivity contribution is -0.150. The minimum atomic E-state index is -1.03. The largest absolute Gasteiger partial charge is 0.454 e. The lowest BCUT2D eigenvalue weighted by Gasteiger charge is -2.21. The van der Waals surface area contributed by atoms with Crippen LogP contribution < -0.4 is 16.0 Å². The van der Waals surface area contributed by atoms with Crippen LogP contribution in [0.4, 0.5) is 25.0 Å². The highest BCUT2D eigenvalue weighted by molar-refractivity contribution is 5.95. The van der Waals surface area contributed by atoms with Gasteiger partial charge in [0.1, 0.15) is 23.4 Å². The van der Waals surface area contributed by atoms with Crippen LogP contribution in [0.1, 0.15) is 13.8 Å². The van der Waals surface area contributed by atoms with E-state index in [0.29, 0.717) is 5.69 Å². The molecule has 0 saturated carbocycles. The van der Waals surface area contributed by atoms with Crippen molar-refractivity contribution in [1.29, 1.82) is 0 Å². The number of ether oxygens (including phenoxy) is 1. The average Bonchev–Trinajstić information content (AvgIpc) is 2.68. The van der Waals surface area contributed by atoms with Crippen molar-refractivity contribution in [1.82, 2.24) is 5.32 Å². The van der Waals surface area contributed by atoms with Gasteiger partial charge in [0.15, 0.2) is 6.61 Å². The summed E-state index contributed by atoms with van der Waals surface area (Å²) in [6, 6.07) is 10.1. The average molecular weight is 405 g/mol. The quantitative estimate of drug-likeness (QED) is 0.616. The number of urea groups is 1. The van der Waals surface area contributed by atoms with Crippen LogP contribution in [-0.4, -0.2) is 30.6 Å². The van der Waals surface area contributed by atoms with Crippen LogP contribution in [0.3, 0.4) is 0 Å². The summed E-state index contributed by atoms with van der Waals surface area (Å²) in [4.78, 5) is 36.2. The lowest BCUT2D eigenvalue weighted by atomic mass is 10.1. The van der Waals surface area contributed by atoms with Crippen LogP contribution in [0, 0.1) is 17.6 Å². The maximum absolute atomic E-state index is 13.5. The van der Waals surface area contributed by atoms with Crippen molar-refractivity contribution in [2.45, 2.75) is 19.9 Å². The Morgan fingerprint density at radius 1 is 0.931 bits per heavy atom. The summed E-state index contributed by atoms with van der Waals surface area (Å²) in [5, 5.41) is 7.06. The zero-order valence-electron chi connectivity index (χ0n) is 15.9. The van der Waals surface area contributed by atoms with Gasteiger partial charge in [0.2, 0.25) is 0 Å². The topological polar surface area (TPSA) is 96.5 Å². The van der Waals surface area contributed by atoms with Gasteiger partial charge in [0, 0.05) is 5.69 Å². The molecule has 2 aromatic rings. The first-order valence-corrected chi connectivity index (χ1v) is 8.81. The van der Waals surface area contributed by atoms with E-state index in [2.05, 4.69) is 10.6 Å². The Labute approximate surface area is 166 Å². The second kappa shape index (κ2) is 10.2. The summed E-state index contributed by atoms with van der Waals surface area (Å²) in [6.45, 7) is 2.60. The Morgan fingerprint density at radius 3 is 2.14 bits per heavy atom. The molecule has 7 nitrogen and oxygen atoms in total. The number of hydrogen-bond acceptors (Lipinski definition) is 4. The number of esters is 1. The van der Waals surface area contributed by atoms with Crippen molar-refractivity contribution in [3.63, 3.8) is 0 Å². The smallest absolute Gasteiger partial charge is 0.329 e. The Bertz CT molecular complexity index is 855. The standard InChI is InChI=1S/C20H21F2N3O4/c1-12(2)17(25-20(28)23-13-7-4-3-5-8-13)19(27)29-11-16(26)24-18-14(21)9-6-10-15(18)22/h3-10,12,17H,11H2,1-2H3,(H,24,26)(H2,23,25,28)/t17-/m1/s1. The van der Waals surface area contributed by atoms with Crippen LogP contribution in [-0.2, 0) is 14.3 Å². The minimum Gasteiger partial charge on any atom is -0.454 e. The Morgan fingerprint density at radius 2 is 1.55 bits per heavy atom. The molecule has 0 saturated heterocycles. The normalized spacial score (nSPS) is 11.5. The molecule has 3 N–H and O–H groups in total. The number of benzene rings is 2. The minimum absolute atomic E-state index is 0.337. The maximum atomic E-state index is 13.5. The van der Waals surface area contributed by atoms with Crippen molar-refractivity contribution < 1.29 is 27.9 Å². The molecule has 0 radical (unpaired) electrons. The van der Waals surface area contributed by atoms with E-state index >= 15 is 0 Å². The molecule has 0 unspecified atom stereocenters. The molecule has 0 aromatic heterocycles. The van der Waals surface area contributed by atoms with E-state index in [1.165, 1.54) is 0 Å². The third kappa shape index (κ3) is 6.56. The van der Waals surface area contributed by atoms with Crippen molar-refractivity contribution in [3.05, 3.63) is 60.2 Å². The fourth-order valence-electron chi connectivity index (χ4n) is 2.35. The number of carbonyl (C=O) groups is 3. The van der Waals surface area contributed by atoms with Gasteiger partial charge < -0.3 is 20.7 Å². The number of halogens is 2. The molecule has 0 aliphatic rings. The number of nitrogens with one attached hydrogen (secondary N) is 3. The van der Waals surface area contributed by atoms with Crippen LogP contribution in [0.2, 0.25) is 0 Å². The second-order valence-corrected chi connectivity index (χ2v) is 6.44. The third-order valence-electron chi connectivity index (χ3n) is 3.81. The van der Waals surface area contributed by atoms with E-state index in [0.717, 1.165) is 18.2 Å². The van der Waals surface area contributed by atoms with Gasteiger partial charge in [-0.1, -0.05) is 38.1 Å². The number of para-hydroxylation sites is 2. The second-order valence-electron chi connectivity index (χ2n) is 6.44. The predicted octanol–water partition coefficient (Wildman–Crippen LogP) is 3.29. The van der Waals surface area contributed by atoms with Crippen LogP contribution in [0.25, 0.3) is 0 Å². The molecular weight excluding hydrogens is 384 g/mol. The van der Waals surface area contributed by atoms with E-state index in [1.54, 1.807) is 44.2 Å². The summed E-state index contributed by atoms with van der Waals surface area (Å²) in [6.07, 6.45) is 0. The number of rotatable bonds is 7. The molecule has 29 heavy (non-hydrogen) atoms. The van der Waals surface area contributed by atoms with Gasteiger partial charge >= 0.3 is 12.0 Å². The fourth-order valence-corrected chi connectivity index (χ4v) is 2.35. The third-order valence-corrected chi connectivity index (χ3v) is 3.81. The van der Waals surface area contributed by atoms with Crippen molar-refractivity contribution in [3.8, 4) is 0 Å². The highest BCUT2D eigenvalue weighted by Gasteiger charge is 2.26. The molecule has 3 amide bonds. The van der Waals surface area contributed by atoms with Crippen molar-refractivity contribution >= 4 is 29.3 Å². The molecule has 9 heteroatoms. The van der Waals surface area contributed by atoms with E-state index in [9.17, 15) is 23.2 Å². The molecule has 2 rings (SSSR count). The molecule has 0 aliphatic carbocycles. The van der Waals surface area contributed by atoms with Gasteiger partial charge in [-0.2, -0.15) is 0 Å². The Kier molecular flexibility index (Phi) is 7.64. The van der Waals surface area contributed by atoms with Crippen molar-refractivity contribution in [2.75, 3.05) is 17.2 Å². The Balaban J connectivity index is 1.90. The number of amides is 3. The summed E-state index contributed by atoms with van der Waals surface area (Å²) >= 11 is 0. The SMILES string of the molecule is CC(C)[C@@H](NC(=O)Nc1ccccc1)C(=O)OCC(=O)Nc1c(F)cccc1F. The molecule has 1 atom stereocenters. The lowest BCUT2D eigenvalue weighted by Crippen LogP contribution is -2.47. The number of carbonyl (C=O) groups excluding carboxylic acids is 3. The summed E-state index contributed by atoms with van der Waals surface area (Å²) in [5.41, 5.74) is -0.0958. The molecule has 0 heterocycles. The first kappa shape index (κ1) is 21.8. The van der Waals surface area contributed by atoms with Gasteiger partial charge in [-0.3, -0.25) is 4.79 Å². The van der Waals surface area contributed by atoms with Gasteiger partial charge in [0.25, 0.3) is 5.91 Å². The molecule has 154 valence electrons. The van der Waals surface area contributed by atoms with E-state index < -0.39 is 47.9 Å². The van der Waals surface area contributed by atoms with E-state index in [1.807, 2.05) is 5.32 Å². The summed E-state index contributed by atoms with van der Waals surface area (Å²) in [5.74, 6) is -4.02. The molecule has 2 aromatic carbocycles. The van der Waals surface area contributed by atoms with E-state index in [4.69, 9.17) is 4.74 Å². The highest BCUT2D eigenvalue weighted by atomic mass is 19.1. The summed E-state index contributed by atoms with van der Waals surface area (Å²) in [7, 11) is 0. The molecular formula is C20H21F2N3O4. The summed E-state index contributed by atoms with van der Waals surface area (Å²) < 4.78 is 32.0. The van der Waals surface area contributed by atoms with Crippen LogP contribution >= 0.6 is 0 Å². The monoisotopic (exact) mass is 405 g/mol. The highest BCUT2D eigenvalue weighted by Crippen LogP contribution is 2.17. The maximum Gasteiger partial charge on any atom is 0.329 e. The van der Waals surface area contributed by atoms with Crippen molar-refractivity contribution in [2.24, 2.45) is 5.92 Å². The molecule has 0 bridgehead atoms. The van der Waals surface area contributed by atoms with Gasteiger partial charge in [-0.15, -0.1) is 0 Å². The van der Waals surface area contributed by atoms with Crippen LogP contribution in [0.5, 0.6) is 0 Å². The molecule has 0 spiro atoms. The predicted molar refractivity (Wildman–Crippen MR) is 103 cm³/mol. The van der Waals surface area contributed by atoms with Gasteiger partial charge in [-0.05, 0) is 30.2 Å². The number of anilines is 2. The molecule has 0 fully saturated rings. The zero-order chi connectivity index (χ0) is 21.4. The zero-order valence-corrected chi connectivity index (χ0v) is 15.9. The van der Waals surface area contributed by atoms with E-state index in [-0.39, 0.29) is 5.92 Å².